The molecule has 1 aromatic heterocycles. The van der Waals surface area contributed by atoms with E-state index in [-0.39, 0.29) is 11.8 Å². The average Bonchev–Trinajstić information content (AvgIpc) is 3.68. The van der Waals surface area contributed by atoms with E-state index in [9.17, 15) is 4.79 Å². The number of anilines is 2. The van der Waals surface area contributed by atoms with Gasteiger partial charge in [0.15, 0.2) is 11.5 Å². The lowest BCUT2D eigenvalue weighted by Gasteiger charge is -2.36. The SMILES string of the molecule is COc1cc2nc(N3CCN(C(=O)C(c4cccc(Cl)c4)C4CC4)CC3)nc(N)c2cc1OC. The number of nitrogens with zero attached hydrogens (tertiary/aromatic N) is 4. The van der Waals surface area contributed by atoms with E-state index in [0.29, 0.717) is 71.3 Å². The molecule has 5 rings (SSSR count). The Balaban J connectivity index is 1.33. The molecular weight excluding hydrogens is 454 g/mol. The van der Waals surface area contributed by atoms with Crippen molar-refractivity contribution in [1.82, 2.24) is 14.9 Å². The van der Waals surface area contributed by atoms with E-state index in [1.807, 2.05) is 29.2 Å². The van der Waals surface area contributed by atoms with Gasteiger partial charge in [-0.05, 0) is 42.5 Å². The molecule has 3 aromatic rings. The fourth-order valence-electron chi connectivity index (χ4n) is 4.68. The number of rotatable bonds is 6. The zero-order valence-corrected chi connectivity index (χ0v) is 20.1. The predicted molar refractivity (Wildman–Crippen MR) is 133 cm³/mol. The normalized spacial score (nSPS) is 17.0. The lowest BCUT2D eigenvalue weighted by Crippen LogP contribution is -2.50. The van der Waals surface area contributed by atoms with Gasteiger partial charge < -0.3 is 25.0 Å². The summed E-state index contributed by atoms with van der Waals surface area (Å²) in [6, 6.07) is 11.3. The van der Waals surface area contributed by atoms with Gasteiger partial charge in [0.2, 0.25) is 11.9 Å². The molecule has 1 unspecified atom stereocenters. The molecule has 1 saturated carbocycles. The number of halogens is 1. The first kappa shape index (κ1) is 22.5. The maximum atomic E-state index is 13.5. The van der Waals surface area contributed by atoms with Gasteiger partial charge in [0.1, 0.15) is 5.82 Å². The zero-order valence-electron chi connectivity index (χ0n) is 19.3. The van der Waals surface area contributed by atoms with Gasteiger partial charge in [0.05, 0.1) is 25.7 Å². The predicted octanol–water partition coefficient (Wildman–Crippen LogP) is 3.73. The summed E-state index contributed by atoms with van der Waals surface area (Å²) in [5, 5.41) is 1.38. The van der Waals surface area contributed by atoms with E-state index in [1.54, 1.807) is 26.4 Å². The van der Waals surface area contributed by atoms with Gasteiger partial charge in [-0.1, -0.05) is 23.7 Å². The number of methoxy groups -OCH3 is 2. The summed E-state index contributed by atoms with van der Waals surface area (Å²) in [5.74, 6) is 2.56. The Morgan fingerprint density at radius 3 is 2.41 bits per heavy atom. The third-order valence-electron chi connectivity index (χ3n) is 6.66. The quantitative estimate of drug-likeness (QED) is 0.573. The van der Waals surface area contributed by atoms with Gasteiger partial charge >= 0.3 is 0 Å². The van der Waals surface area contributed by atoms with E-state index in [2.05, 4.69) is 9.88 Å². The Labute approximate surface area is 203 Å². The number of benzene rings is 2. The first-order valence-electron chi connectivity index (χ1n) is 11.5. The number of carbonyl (C=O) groups is 1. The maximum Gasteiger partial charge on any atom is 0.230 e. The van der Waals surface area contributed by atoms with Crippen LogP contribution in [0.1, 0.15) is 24.3 Å². The summed E-state index contributed by atoms with van der Waals surface area (Å²) in [7, 11) is 3.17. The molecule has 1 amide bonds. The summed E-state index contributed by atoms with van der Waals surface area (Å²) in [4.78, 5) is 26.8. The second-order valence-corrected chi connectivity index (χ2v) is 9.25. The second kappa shape index (κ2) is 9.18. The summed E-state index contributed by atoms with van der Waals surface area (Å²) >= 11 is 6.21. The van der Waals surface area contributed by atoms with Gasteiger partial charge in [0.25, 0.3) is 0 Å². The Hall–Kier alpha value is -3.26. The van der Waals surface area contributed by atoms with E-state index in [4.69, 9.17) is 31.8 Å². The number of carbonyl (C=O) groups excluding carboxylic acids is 1. The van der Waals surface area contributed by atoms with Crippen molar-refractivity contribution in [1.29, 1.82) is 0 Å². The van der Waals surface area contributed by atoms with Gasteiger partial charge in [-0.2, -0.15) is 4.98 Å². The Morgan fingerprint density at radius 2 is 1.76 bits per heavy atom. The third-order valence-corrected chi connectivity index (χ3v) is 6.90. The molecule has 34 heavy (non-hydrogen) atoms. The van der Waals surface area contributed by atoms with Crippen molar-refractivity contribution in [2.75, 3.05) is 51.0 Å². The number of amides is 1. The number of piperazine rings is 1. The van der Waals surface area contributed by atoms with Gasteiger partial charge in [-0.15, -0.1) is 0 Å². The molecule has 2 heterocycles. The summed E-state index contributed by atoms with van der Waals surface area (Å²) in [5.41, 5.74) is 7.96. The van der Waals surface area contributed by atoms with Crippen molar-refractivity contribution in [3.8, 4) is 11.5 Å². The van der Waals surface area contributed by atoms with Crippen LogP contribution in [0.25, 0.3) is 10.9 Å². The third kappa shape index (κ3) is 4.30. The minimum atomic E-state index is -0.125. The van der Waals surface area contributed by atoms with Crippen LogP contribution in [0, 0.1) is 5.92 Å². The van der Waals surface area contributed by atoms with E-state index in [1.165, 1.54) is 0 Å². The molecule has 2 N–H and O–H groups in total. The number of nitrogens with two attached hydrogens (primary N) is 1. The molecule has 1 atom stereocenters. The van der Waals surface area contributed by atoms with Crippen LogP contribution >= 0.6 is 11.6 Å². The smallest absolute Gasteiger partial charge is 0.230 e. The molecule has 8 nitrogen and oxygen atoms in total. The maximum absolute atomic E-state index is 13.5. The molecule has 0 bridgehead atoms. The highest BCUT2D eigenvalue weighted by Crippen LogP contribution is 2.44. The molecule has 2 aromatic carbocycles. The van der Waals surface area contributed by atoms with Crippen molar-refractivity contribution in [2.24, 2.45) is 5.92 Å². The lowest BCUT2D eigenvalue weighted by atomic mass is 9.92. The van der Waals surface area contributed by atoms with Crippen LogP contribution in [0.5, 0.6) is 11.5 Å². The number of fused-ring (bicyclic) bond motifs is 1. The Kier molecular flexibility index (Phi) is 6.08. The fraction of sp³-hybridized carbons (Fsp3) is 0.400. The molecule has 9 heteroatoms. The van der Waals surface area contributed by atoms with Crippen LogP contribution in [-0.2, 0) is 4.79 Å². The second-order valence-electron chi connectivity index (χ2n) is 8.82. The number of hydrogen-bond donors (Lipinski definition) is 1. The molecule has 2 fully saturated rings. The first-order valence-corrected chi connectivity index (χ1v) is 11.8. The first-order chi connectivity index (χ1) is 16.5. The van der Waals surface area contributed by atoms with E-state index >= 15 is 0 Å². The van der Waals surface area contributed by atoms with Crippen LogP contribution in [0.2, 0.25) is 5.02 Å². The minimum Gasteiger partial charge on any atom is -0.493 e. The molecule has 1 aliphatic heterocycles. The van der Waals surface area contributed by atoms with E-state index < -0.39 is 0 Å². The molecule has 0 radical (unpaired) electrons. The zero-order chi connectivity index (χ0) is 23.8. The standard InChI is InChI=1S/C25H28ClN5O3/c1-33-20-13-18-19(14-21(20)34-2)28-25(29-23(18)27)31-10-8-30(9-11-31)24(32)22(15-6-7-15)16-4-3-5-17(26)12-16/h3-5,12-15,22H,6-11H2,1-2H3,(H2,27,28,29). The van der Waals surface area contributed by atoms with Crippen LogP contribution in [-0.4, -0.2) is 61.2 Å². The van der Waals surface area contributed by atoms with Crippen molar-refractivity contribution in [3.63, 3.8) is 0 Å². The van der Waals surface area contributed by atoms with Crippen LogP contribution < -0.4 is 20.1 Å². The molecule has 1 aliphatic carbocycles. The minimum absolute atomic E-state index is 0.125. The van der Waals surface area contributed by atoms with E-state index in [0.717, 1.165) is 18.4 Å². The van der Waals surface area contributed by atoms with Crippen LogP contribution in [0.3, 0.4) is 0 Å². The van der Waals surface area contributed by atoms with Crippen molar-refractivity contribution in [2.45, 2.75) is 18.8 Å². The molecule has 0 spiro atoms. The Morgan fingerprint density at radius 1 is 1.06 bits per heavy atom. The number of nitrogen functional groups attached to an aromatic ring is 1. The molecule has 178 valence electrons. The molecule has 2 aliphatic rings. The largest absolute Gasteiger partial charge is 0.493 e. The lowest BCUT2D eigenvalue weighted by molar-refractivity contribution is -0.133. The Bertz CT molecular complexity index is 1220. The highest BCUT2D eigenvalue weighted by molar-refractivity contribution is 6.30. The average molecular weight is 482 g/mol. The topological polar surface area (TPSA) is 93.8 Å². The van der Waals surface area contributed by atoms with Crippen LogP contribution in [0.4, 0.5) is 11.8 Å². The van der Waals surface area contributed by atoms with Crippen LogP contribution in [0.15, 0.2) is 36.4 Å². The fourth-order valence-corrected chi connectivity index (χ4v) is 4.88. The highest BCUT2D eigenvalue weighted by atomic mass is 35.5. The molecular formula is C25H28ClN5O3. The highest BCUT2D eigenvalue weighted by Gasteiger charge is 2.40. The number of ether oxygens (including phenoxy) is 2. The summed E-state index contributed by atoms with van der Waals surface area (Å²) < 4.78 is 10.8. The molecule has 1 saturated heterocycles. The van der Waals surface area contributed by atoms with Gasteiger partial charge in [0, 0.05) is 42.7 Å². The monoisotopic (exact) mass is 481 g/mol. The number of hydrogen-bond acceptors (Lipinski definition) is 7. The van der Waals surface area contributed by atoms with Gasteiger partial charge in [-0.3, -0.25) is 4.79 Å². The number of aromatic nitrogens is 2. The summed E-state index contributed by atoms with van der Waals surface area (Å²) in [6.45, 7) is 2.49. The van der Waals surface area contributed by atoms with Crippen molar-refractivity contribution >= 4 is 40.2 Å². The summed E-state index contributed by atoms with van der Waals surface area (Å²) in [6.07, 6.45) is 2.17. The van der Waals surface area contributed by atoms with Crippen molar-refractivity contribution < 1.29 is 14.3 Å². The van der Waals surface area contributed by atoms with Gasteiger partial charge in [-0.25, -0.2) is 4.98 Å². The van der Waals surface area contributed by atoms with Crippen molar-refractivity contribution in [3.05, 3.63) is 47.0 Å².